The second-order valence-corrected chi connectivity index (χ2v) is 14.2. The maximum absolute atomic E-state index is 2.41. The predicted molar refractivity (Wildman–Crippen MR) is 237 cm³/mol. The molecule has 0 saturated carbocycles. The van der Waals surface area contributed by atoms with Gasteiger partial charge in [0.25, 0.3) is 0 Å². The van der Waals surface area contributed by atoms with Gasteiger partial charge in [0, 0.05) is 33.4 Å². The van der Waals surface area contributed by atoms with Crippen molar-refractivity contribution in [1.29, 1.82) is 0 Å². The number of benzene rings is 9. The van der Waals surface area contributed by atoms with Crippen molar-refractivity contribution < 1.29 is 0 Å². The molecule has 2 nitrogen and oxygen atoms in total. The zero-order valence-corrected chi connectivity index (χ0v) is 30.8. The number of hydrogen-bond donors (Lipinski definition) is 0. The van der Waals surface area contributed by atoms with Crippen LogP contribution in [0.5, 0.6) is 0 Å². The second kappa shape index (κ2) is 14.4. The molecule has 0 unspecified atom stereocenters. The highest BCUT2D eigenvalue weighted by Crippen LogP contribution is 2.40. The number of fused-ring (bicyclic) bond motifs is 3. The molecule has 264 valence electrons. The summed E-state index contributed by atoms with van der Waals surface area (Å²) in [6.45, 7) is 0. The van der Waals surface area contributed by atoms with Gasteiger partial charge >= 0.3 is 0 Å². The molecule has 1 aromatic heterocycles. The van der Waals surface area contributed by atoms with Crippen LogP contribution in [0.2, 0.25) is 0 Å². The summed E-state index contributed by atoms with van der Waals surface area (Å²) in [7, 11) is 0. The van der Waals surface area contributed by atoms with Crippen LogP contribution in [0.3, 0.4) is 0 Å². The van der Waals surface area contributed by atoms with Crippen LogP contribution < -0.4 is 4.90 Å². The summed E-state index contributed by atoms with van der Waals surface area (Å²) >= 11 is 0. The monoisotopic (exact) mass is 714 g/mol. The van der Waals surface area contributed by atoms with Crippen LogP contribution in [0.1, 0.15) is 0 Å². The van der Waals surface area contributed by atoms with E-state index in [0.29, 0.717) is 0 Å². The van der Waals surface area contributed by atoms with Crippen LogP contribution in [-0.4, -0.2) is 4.57 Å². The van der Waals surface area contributed by atoms with Crippen molar-refractivity contribution in [2.75, 3.05) is 4.90 Å². The second-order valence-electron chi connectivity index (χ2n) is 14.2. The largest absolute Gasteiger partial charge is 0.311 e. The summed E-state index contributed by atoms with van der Waals surface area (Å²) in [5.74, 6) is 0. The third-order valence-corrected chi connectivity index (χ3v) is 10.8. The number of rotatable bonds is 8. The van der Waals surface area contributed by atoms with E-state index in [0.717, 1.165) is 17.1 Å². The van der Waals surface area contributed by atoms with E-state index in [2.05, 4.69) is 240 Å². The van der Waals surface area contributed by atoms with Gasteiger partial charge in [0.05, 0.1) is 16.7 Å². The van der Waals surface area contributed by atoms with Crippen molar-refractivity contribution in [2.45, 2.75) is 0 Å². The van der Waals surface area contributed by atoms with Crippen molar-refractivity contribution in [2.24, 2.45) is 0 Å². The first-order valence-corrected chi connectivity index (χ1v) is 19.2. The van der Waals surface area contributed by atoms with Gasteiger partial charge in [0.1, 0.15) is 0 Å². The van der Waals surface area contributed by atoms with E-state index in [-0.39, 0.29) is 0 Å². The van der Waals surface area contributed by atoms with E-state index in [1.54, 1.807) is 0 Å². The molecule has 0 N–H and O–H groups in total. The number of hydrogen-bond acceptors (Lipinski definition) is 1. The van der Waals surface area contributed by atoms with Crippen LogP contribution in [0.4, 0.5) is 17.1 Å². The Morgan fingerprint density at radius 1 is 0.268 bits per heavy atom. The molecule has 10 rings (SSSR count). The van der Waals surface area contributed by atoms with Crippen LogP contribution in [0, 0.1) is 0 Å². The molecule has 0 atom stereocenters. The fraction of sp³-hybridized carbons (Fsp3) is 0. The Kier molecular flexibility index (Phi) is 8.55. The Balaban J connectivity index is 1.01. The highest BCUT2D eigenvalue weighted by atomic mass is 15.1. The lowest BCUT2D eigenvalue weighted by Crippen LogP contribution is -2.09. The van der Waals surface area contributed by atoms with Gasteiger partial charge in [-0.3, -0.25) is 0 Å². The summed E-state index contributed by atoms with van der Waals surface area (Å²) in [5, 5.41) is 2.53. The maximum atomic E-state index is 2.41. The van der Waals surface area contributed by atoms with Crippen molar-refractivity contribution in [1.82, 2.24) is 4.57 Å². The van der Waals surface area contributed by atoms with Gasteiger partial charge in [-0.05, 0) is 99.6 Å². The third-order valence-electron chi connectivity index (χ3n) is 10.8. The van der Waals surface area contributed by atoms with E-state index >= 15 is 0 Å². The average Bonchev–Trinajstić information content (AvgIpc) is 3.62. The predicted octanol–water partition coefficient (Wildman–Crippen LogP) is 14.9. The zero-order chi connectivity index (χ0) is 37.3. The highest BCUT2D eigenvalue weighted by molar-refractivity contribution is 6.09. The number of para-hydroxylation sites is 3. The average molecular weight is 715 g/mol. The molecule has 0 aliphatic carbocycles. The van der Waals surface area contributed by atoms with Crippen molar-refractivity contribution in [3.05, 3.63) is 231 Å². The Morgan fingerprint density at radius 3 is 1.16 bits per heavy atom. The first-order valence-electron chi connectivity index (χ1n) is 19.2. The van der Waals surface area contributed by atoms with Crippen LogP contribution in [-0.2, 0) is 0 Å². The summed E-state index contributed by atoms with van der Waals surface area (Å²) in [6, 6.07) is 82.9. The molecule has 2 heteroatoms. The van der Waals surface area contributed by atoms with Crippen molar-refractivity contribution in [3.63, 3.8) is 0 Å². The number of anilines is 3. The minimum Gasteiger partial charge on any atom is -0.311 e. The van der Waals surface area contributed by atoms with Crippen LogP contribution in [0.15, 0.2) is 231 Å². The molecular weight excluding hydrogens is 677 g/mol. The zero-order valence-electron chi connectivity index (χ0n) is 30.8. The molecule has 0 saturated heterocycles. The Hall–Kier alpha value is -7.42. The smallest absolute Gasteiger partial charge is 0.0541 e. The van der Waals surface area contributed by atoms with Gasteiger partial charge in [-0.15, -0.1) is 0 Å². The highest BCUT2D eigenvalue weighted by Gasteiger charge is 2.17. The fourth-order valence-corrected chi connectivity index (χ4v) is 8.08. The maximum Gasteiger partial charge on any atom is 0.0541 e. The molecule has 0 amide bonds. The van der Waals surface area contributed by atoms with Crippen LogP contribution in [0.25, 0.3) is 72.0 Å². The quantitative estimate of drug-likeness (QED) is 0.152. The third kappa shape index (κ3) is 6.14. The molecule has 0 fully saturated rings. The molecule has 9 aromatic carbocycles. The van der Waals surface area contributed by atoms with Crippen molar-refractivity contribution in [3.8, 4) is 50.2 Å². The minimum atomic E-state index is 1.10. The molecule has 0 radical (unpaired) electrons. The van der Waals surface area contributed by atoms with Gasteiger partial charge in [-0.25, -0.2) is 0 Å². The summed E-state index contributed by atoms with van der Waals surface area (Å²) in [5.41, 5.74) is 16.4. The lowest BCUT2D eigenvalue weighted by molar-refractivity contribution is 1.18. The lowest BCUT2D eigenvalue weighted by atomic mass is 9.97. The van der Waals surface area contributed by atoms with E-state index in [1.807, 2.05) is 0 Å². The Bertz CT molecular complexity index is 2790. The van der Waals surface area contributed by atoms with Gasteiger partial charge in [0.15, 0.2) is 0 Å². The molecule has 1 heterocycles. The fourth-order valence-electron chi connectivity index (χ4n) is 8.08. The van der Waals surface area contributed by atoms with E-state index in [4.69, 9.17) is 0 Å². The van der Waals surface area contributed by atoms with Gasteiger partial charge in [0.2, 0.25) is 0 Å². The number of aromatic nitrogens is 1. The molecular formula is C54H38N2. The normalized spacial score (nSPS) is 11.2. The molecule has 10 aromatic rings. The topological polar surface area (TPSA) is 8.17 Å². The van der Waals surface area contributed by atoms with Gasteiger partial charge in [-0.1, -0.05) is 170 Å². The SMILES string of the molecule is c1ccc(-c2ccc(N(c3ccc(-c4ccccc4)cc3)c3ccc(-c4cccc(-c5ccccc5-n5c6ccccc6c6ccccc65)c4)cc3)cc2)cc1. The summed E-state index contributed by atoms with van der Waals surface area (Å²) in [6.07, 6.45) is 0. The Labute approximate surface area is 327 Å². The lowest BCUT2D eigenvalue weighted by Gasteiger charge is -2.26. The number of nitrogens with zero attached hydrogens (tertiary/aromatic N) is 2. The van der Waals surface area contributed by atoms with Crippen LogP contribution >= 0.6 is 0 Å². The molecule has 0 spiro atoms. The summed E-state index contributed by atoms with van der Waals surface area (Å²) in [4.78, 5) is 2.34. The van der Waals surface area contributed by atoms with E-state index < -0.39 is 0 Å². The van der Waals surface area contributed by atoms with Crippen molar-refractivity contribution >= 4 is 38.9 Å². The minimum absolute atomic E-state index is 1.10. The molecule has 0 bridgehead atoms. The summed E-state index contributed by atoms with van der Waals surface area (Å²) < 4.78 is 2.41. The van der Waals surface area contributed by atoms with Gasteiger partial charge < -0.3 is 9.47 Å². The van der Waals surface area contributed by atoms with Gasteiger partial charge in [-0.2, -0.15) is 0 Å². The molecule has 56 heavy (non-hydrogen) atoms. The van der Waals surface area contributed by atoms with E-state index in [1.165, 1.54) is 72.0 Å². The Morgan fingerprint density at radius 2 is 0.643 bits per heavy atom. The molecule has 0 aliphatic rings. The van der Waals surface area contributed by atoms with E-state index in [9.17, 15) is 0 Å². The standard InChI is InChI=1S/C54H38N2/c1-3-14-39(15-4-1)41-26-32-46(33-27-41)55(47-34-28-42(29-35-47)40-16-5-2-6-17-40)48-36-30-43(31-37-48)44-18-13-19-45(38-44)49-20-7-10-23-52(49)56-53-24-11-8-21-50(53)51-22-9-12-25-54(51)56/h1-38H. The first-order chi connectivity index (χ1) is 27.8. The first kappa shape index (κ1) is 33.2. The molecule has 0 aliphatic heterocycles.